The van der Waals surface area contributed by atoms with Crippen LogP contribution in [-0.4, -0.2) is 13.1 Å². The highest BCUT2D eigenvalue weighted by Crippen LogP contribution is 2.35. The maximum atomic E-state index is 5.91. The molecule has 26 heavy (non-hydrogen) atoms. The summed E-state index contributed by atoms with van der Waals surface area (Å²) in [5.74, 6) is 0. The van der Waals surface area contributed by atoms with Gasteiger partial charge in [0.2, 0.25) is 0 Å². The molecule has 148 valence electrons. The van der Waals surface area contributed by atoms with Crippen LogP contribution in [0.3, 0.4) is 0 Å². The van der Waals surface area contributed by atoms with E-state index in [4.69, 9.17) is 4.42 Å². The average molecular weight is 360 g/mol. The molecule has 0 saturated heterocycles. The van der Waals surface area contributed by atoms with E-state index in [0.717, 1.165) is 24.3 Å². The maximum Gasteiger partial charge on any atom is 0.137 e. The molecular formula is C24H41NO. The van der Waals surface area contributed by atoms with Crippen LogP contribution in [0.1, 0.15) is 69.2 Å². The van der Waals surface area contributed by atoms with Gasteiger partial charge in [-0.05, 0) is 32.0 Å². The van der Waals surface area contributed by atoms with Crippen molar-refractivity contribution in [3.05, 3.63) is 42.5 Å². The molecule has 0 aliphatic heterocycles. The van der Waals surface area contributed by atoms with Gasteiger partial charge in [0.15, 0.2) is 0 Å². The Morgan fingerprint density at radius 1 is 0.654 bits per heavy atom. The summed E-state index contributed by atoms with van der Waals surface area (Å²) >= 11 is 0. The van der Waals surface area contributed by atoms with E-state index in [-0.39, 0.29) is 0 Å². The van der Waals surface area contributed by atoms with Gasteiger partial charge in [0.1, 0.15) is 11.2 Å². The molecule has 1 heterocycles. The summed E-state index contributed by atoms with van der Waals surface area (Å²) in [7, 11) is 0. The normalized spacial score (nSPS) is 8.69. The molecule has 0 saturated carbocycles. The fourth-order valence-corrected chi connectivity index (χ4v) is 2.58. The molecule has 2 aromatic carbocycles. The predicted molar refractivity (Wildman–Crippen MR) is 123 cm³/mol. The Hall–Kier alpha value is -1.96. The lowest BCUT2D eigenvalue weighted by Crippen LogP contribution is -2.21. The highest BCUT2D eigenvalue weighted by molar-refractivity contribution is 6.11. The molecule has 0 spiro atoms. The monoisotopic (exact) mass is 359 g/mol. The minimum Gasteiger partial charge on any atom is -0.456 e. The van der Waals surface area contributed by atoms with Crippen LogP contribution >= 0.6 is 0 Å². The minimum absolute atomic E-state index is 0.965. The summed E-state index contributed by atoms with van der Waals surface area (Å²) < 4.78 is 5.91. The first-order valence-electron chi connectivity index (χ1n) is 10.5. The van der Waals surface area contributed by atoms with Crippen molar-refractivity contribution in [3.8, 4) is 0 Å². The van der Waals surface area contributed by atoms with Crippen molar-refractivity contribution in [2.24, 2.45) is 0 Å². The number of hydrogen-bond acceptors (Lipinski definition) is 2. The van der Waals surface area contributed by atoms with Crippen molar-refractivity contribution in [2.45, 2.75) is 69.2 Å². The molecule has 0 amide bonds. The lowest BCUT2D eigenvalue weighted by Gasteiger charge is -2.21. The van der Waals surface area contributed by atoms with Crippen molar-refractivity contribution in [2.75, 3.05) is 18.0 Å². The van der Waals surface area contributed by atoms with E-state index in [2.05, 4.69) is 43.0 Å². The first-order chi connectivity index (χ1) is 12.8. The molecule has 2 nitrogen and oxygen atoms in total. The average Bonchev–Trinajstić information content (AvgIpc) is 3.14. The molecule has 3 rings (SSSR count). The maximum absolute atomic E-state index is 5.91. The number of nitrogens with zero attached hydrogens (tertiary/aromatic N) is 1. The number of para-hydroxylation sites is 1. The van der Waals surface area contributed by atoms with Crippen LogP contribution in [0.25, 0.3) is 21.9 Å². The summed E-state index contributed by atoms with van der Waals surface area (Å²) in [6.07, 6.45) is 0. The topological polar surface area (TPSA) is 16.4 Å². The van der Waals surface area contributed by atoms with Crippen molar-refractivity contribution >= 4 is 27.6 Å². The van der Waals surface area contributed by atoms with E-state index in [9.17, 15) is 0 Å². The molecule has 0 atom stereocenters. The Kier molecular flexibility index (Phi) is 16.7. The lowest BCUT2D eigenvalue weighted by atomic mass is 10.1. The molecule has 3 aromatic rings. The number of hydrogen-bond donors (Lipinski definition) is 0. The van der Waals surface area contributed by atoms with Gasteiger partial charge in [-0.2, -0.15) is 0 Å². The molecule has 0 radical (unpaired) electrons. The fourth-order valence-electron chi connectivity index (χ4n) is 2.58. The zero-order valence-electron chi connectivity index (χ0n) is 18.8. The van der Waals surface area contributed by atoms with E-state index in [1.807, 2.05) is 73.6 Å². The Bertz CT molecular complexity index is 681. The second-order valence-electron chi connectivity index (χ2n) is 4.42. The third-order valence-electron chi connectivity index (χ3n) is 3.48. The van der Waals surface area contributed by atoms with Crippen LogP contribution in [0.2, 0.25) is 0 Å². The van der Waals surface area contributed by atoms with Gasteiger partial charge in [0.05, 0.1) is 5.39 Å². The standard InChI is InChI=1S/C16H17NO.4C2H6/c1-3-17(4-2)13-9-7-11-15-16(13)12-8-5-6-10-14(12)18-15;4*1-2/h5-11H,3-4H2,1-2H3;4*1-2H3. The Labute approximate surface area is 162 Å². The zero-order chi connectivity index (χ0) is 20.5. The van der Waals surface area contributed by atoms with Crippen molar-refractivity contribution in [1.29, 1.82) is 0 Å². The van der Waals surface area contributed by atoms with Crippen molar-refractivity contribution in [3.63, 3.8) is 0 Å². The van der Waals surface area contributed by atoms with E-state index >= 15 is 0 Å². The van der Waals surface area contributed by atoms with Crippen LogP contribution < -0.4 is 4.90 Å². The number of furan rings is 1. The molecular weight excluding hydrogens is 318 g/mol. The fraction of sp³-hybridized carbons (Fsp3) is 0.500. The van der Waals surface area contributed by atoms with Crippen LogP contribution in [0, 0.1) is 0 Å². The van der Waals surface area contributed by atoms with Crippen LogP contribution in [-0.2, 0) is 0 Å². The first kappa shape index (κ1) is 26.3. The van der Waals surface area contributed by atoms with Gasteiger partial charge in [0.25, 0.3) is 0 Å². The number of rotatable bonds is 3. The molecule has 0 unspecified atom stereocenters. The highest BCUT2D eigenvalue weighted by Gasteiger charge is 2.13. The minimum atomic E-state index is 0.965. The van der Waals surface area contributed by atoms with E-state index < -0.39 is 0 Å². The number of benzene rings is 2. The second kappa shape index (κ2) is 16.5. The van der Waals surface area contributed by atoms with Crippen molar-refractivity contribution < 1.29 is 4.42 Å². The van der Waals surface area contributed by atoms with Gasteiger partial charge in [-0.15, -0.1) is 0 Å². The Morgan fingerprint density at radius 3 is 1.69 bits per heavy atom. The Balaban J connectivity index is 0. The summed E-state index contributed by atoms with van der Waals surface area (Å²) in [6, 6.07) is 14.5. The van der Waals surface area contributed by atoms with E-state index in [1.54, 1.807) is 0 Å². The van der Waals surface area contributed by atoms with Crippen LogP contribution in [0.15, 0.2) is 46.9 Å². The van der Waals surface area contributed by atoms with Crippen molar-refractivity contribution in [1.82, 2.24) is 0 Å². The molecule has 0 aliphatic rings. The summed E-state index contributed by atoms with van der Waals surface area (Å²) in [5.41, 5.74) is 3.20. The molecule has 1 aromatic heterocycles. The molecule has 0 N–H and O–H groups in total. The van der Waals surface area contributed by atoms with Crippen LogP contribution in [0.4, 0.5) is 5.69 Å². The van der Waals surface area contributed by atoms with Gasteiger partial charge >= 0.3 is 0 Å². The number of fused-ring (bicyclic) bond motifs is 3. The quantitative estimate of drug-likeness (QED) is 0.466. The molecule has 0 bridgehead atoms. The summed E-state index contributed by atoms with van der Waals surface area (Å²) in [4.78, 5) is 2.37. The molecule has 2 heteroatoms. The largest absolute Gasteiger partial charge is 0.456 e. The second-order valence-corrected chi connectivity index (χ2v) is 4.42. The first-order valence-corrected chi connectivity index (χ1v) is 10.5. The third-order valence-corrected chi connectivity index (χ3v) is 3.48. The molecule has 0 aliphatic carbocycles. The summed E-state index contributed by atoms with van der Waals surface area (Å²) in [5, 5.41) is 2.44. The van der Waals surface area contributed by atoms with Crippen LogP contribution in [0.5, 0.6) is 0 Å². The Morgan fingerprint density at radius 2 is 1.15 bits per heavy atom. The number of anilines is 1. The lowest BCUT2D eigenvalue weighted by molar-refractivity contribution is 0.669. The zero-order valence-corrected chi connectivity index (χ0v) is 18.8. The van der Waals surface area contributed by atoms with E-state index in [0.29, 0.717) is 0 Å². The van der Waals surface area contributed by atoms with E-state index in [1.165, 1.54) is 16.5 Å². The molecule has 0 fully saturated rings. The summed E-state index contributed by atoms with van der Waals surface area (Å²) in [6.45, 7) is 22.4. The predicted octanol–water partition coefficient (Wildman–Crippen LogP) is 8.54. The highest BCUT2D eigenvalue weighted by atomic mass is 16.3. The van der Waals surface area contributed by atoms with Gasteiger partial charge in [-0.25, -0.2) is 0 Å². The van der Waals surface area contributed by atoms with Gasteiger partial charge in [-0.1, -0.05) is 79.7 Å². The van der Waals surface area contributed by atoms with Gasteiger partial charge in [0, 0.05) is 24.2 Å². The van der Waals surface area contributed by atoms with Gasteiger partial charge in [-0.3, -0.25) is 0 Å². The smallest absolute Gasteiger partial charge is 0.137 e. The van der Waals surface area contributed by atoms with Gasteiger partial charge < -0.3 is 9.32 Å². The SMILES string of the molecule is CC.CC.CC.CC.CCN(CC)c1cccc2oc3ccccc3c12. The third kappa shape index (κ3) is 6.40.